The Morgan fingerprint density at radius 2 is 2.00 bits per heavy atom. The second-order valence-corrected chi connectivity index (χ2v) is 2.91. The first-order valence-corrected chi connectivity index (χ1v) is 2.93. The van der Waals surface area contributed by atoms with E-state index in [4.69, 9.17) is 9.84 Å². The van der Waals surface area contributed by atoms with E-state index in [1.165, 1.54) is 0 Å². The third-order valence-corrected chi connectivity index (χ3v) is 0.627. The molecular formula is C7H14O2. The van der Waals surface area contributed by atoms with Gasteiger partial charge in [0.15, 0.2) is 0 Å². The molecule has 54 valence electrons. The smallest absolute Gasteiger partial charge is 0.115 e. The Bertz CT molecular complexity index is 100.0. The van der Waals surface area contributed by atoms with Crippen molar-refractivity contribution in [2.24, 2.45) is 0 Å². The van der Waals surface area contributed by atoms with Crippen molar-refractivity contribution in [1.82, 2.24) is 0 Å². The Morgan fingerprint density at radius 3 is 2.11 bits per heavy atom. The average Bonchev–Trinajstić information content (AvgIpc) is 1.62. The zero-order chi connectivity index (χ0) is 7.49. The highest BCUT2D eigenvalue weighted by molar-refractivity contribution is 4.84. The van der Waals surface area contributed by atoms with Gasteiger partial charge in [-0.3, -0.25) is 0 Å². The molecule has 0 aromatic rings. The summed E-state index contributed by atoms with van der Waals surface area (Å²) in [4.78, 5) is 0. The van der Waals surface area contributed by atoms with Crippen LogP contribution in [-0.4, -0.2) is 17.3 Å². The molecular weight excluding hydrogens is 116 g/mol. The standard InChI is InChI=1S/C7H14O2/c1-6(5-8)9-7(2,3)4/h8H,1,5H2,2-4H3. The Morgan fingerprint density at radius 1 is 1.56 bits per heavy atom. The molecule has 0 saturated carbocycles. The lowest BCUT2D eigenvalue weighted by Crippen LogP contribution is -2.19. The summed E-state index contributed by atoms with van der Waals surface area (Å²) in [6.45, 7) is 9.12. The van der Waals surface area contributed by atoms with Gasteiger partial charge in [-0.2, -0.15) is 0 Å². The number of hydrogen-bond donors (Lipinski definition) is 1. The fourth-order valence-electron chi connectivity index (χ4n) is 0.465. The lowest BCUT2D eigenvalue weighted by Gasteiger charge is -2.21. The molecule has 2 nitrogen and oxygen atoms in total. The highest BCUT2D eigenvalue weighted by atomic mass is 16.5. The molecule has 0 bridgehead atoms. The third kappa shape index (κ3) is 5.37. The molecule has 0 rings (SSSR count). The summed E-state index contributed by atoms with van der Waals surface area (Å²) in [5.74, 6) is 0.419. The van der Waals surface area contributed by atoms with E-state index in [1.807, 2.05) is 20.8 Å². The van der Waals surface area contributed by atoms with Crippen LogP contribution in [0.3, 0.4) is 0 Å². The molecule has 0 amide bonds. The van der Waals surface area contributed by atoms with Crippen LogP contribution in [0.5, 0.6) is 0 Å². The van der Waals surface area contributed by atoms with Gasteiger partial charge in [-0.1, -0.05) is 6.58 Å². The summed E-state index contributed by atoms with van der Waals surface area (Å²) in [6.07, 6.45) is 0. The summed E-state index contributed by atoms with van der Waals surface area (Å²) in [6, 6.07) is 0. The number of ether oxygens (including phenoxy) is 1. The Kier molecular flexibility index (Phi) is 2.71. The molecule has 1 N–H and O–H groups in total. The fraction of sp³-hybridized carbons (Fsp3) is 0.714. The second-order valence-electron chi connectivity index (χ2n) is 2.91. The molecule has 9 heavy (non-hydrogen) atoms. The Hall–Kier alpha value is -0.500. The second kappa shape index (κ2) is 2.87. The van der Waals surface area contributed by atoms with Crippen molar-refractivity contribution in [2.45, 2.75) is 26.4 Å². The maximum atomic E-state index is 8.47. The van der Waals surface area contributed by atoms with Gasteiger partial charge in [-0.25, -0.2) is 0 Å². The van der Waals surface area contributed by atoms with Gasteiger partial charge < -0.3 is 9.84 Å². The molecule has 0 aliphatic rings. The molecule has 0 atom stereocenters. The van der Waals surface area contributed by atoms with Gasteiger partial charge in [0.2, 0.25) is 0 Å². The molecule has 0 aliphatic heterocycles. The summed E-state index contributed by atoms with van der Waals surface area (Å²) in [5, 5.41) is 8.47. The first-order chi connectivity index (χ1) is 3.95. The predicted molar refractivity (Wildman–Crippen MR) is 37.1 cm³/mol. The lowest BCUT2D eigenvalue weighted by molar-refractivity contribution is 0.0343. The van der Waals surface area contributed by atoms with Crippen LogP contribution in [0.15, 0.2) is 12.3 Å². The minimum absolute atomic E-state index is 0.0999. The van der Waals surface area contributed by atoms with Crippen LogP contribution in [0.25, 0.3) is 0 Å². The van der Waals surface area contributed by atoms with E-state index in [-0.39, 0.29) is 12.2 Å². The zero-order valence-corrected chi connectivity index (χ0v) is 6.27. The van der Waals surface area contributed by atoms with Gasteiger partial charge in [0.1, 0.15) is 11.4 Å². The molecule has 2 heteroatoms. The molecule has 0 aromatic carbocycles. The Balaban J connectivity index is 3.60. The van der Waals surface area contributed by atoms with E-state index in [2.05, 4.69) is 6.58 Å². The first kappa shape index (κ1) is 8.50. The van der Waals surface area contributed by atoms with E-state index in [0.717, 1.165) is 0 Å². The van der Waals surface area contributed by atoms with Gasteiger partial charge in [0.05, 0.1) is 6.61 Å². The molecule has 0 saturated heterocycles. The van der Waals surface area contributed by atoms with Crippen LogP contribution in [0.4, 0.5) is 0 Å². The van der Waals surface area contributed by atoms with Gasteiger partial charge in [0, 0.05) is 0 Å². The van der Waals surface area contributed by atoms with Crippen LogP contribution >= 0.6 is 0 Å². The summed E-state index contributed by atoms with van der Waals surface area (Å²) >= 11 is 0. The number of aliphatic hydroxyl groups is 1. The summed E-state index contributed by atoms with van der Waals surface area (Å²) < 4.78 is 5.14. The van der Waals surface area contributed by atoms with Gasteiger partial charge in [0.25, 0.3) is 0 Å². The molecule has 0 heterocycles. The van der Waals surface area contributed by atoms with E-state index in [0.29, 0.717) is 5.76 Å². The van der Waals surface area contributed by atoms with Crippen LogP contribution in [0.2, 0.25) is 0 Å². The van der Waals surface area contributed by atoms with Crippen LogP contribution in [0, 0.1) is 0 Å². The lowest BCUT2D eigenvalue weighted by atomic mass is 10.2. The topological polar surface area (TPSA) is 29.5 Å². The van der Waals surface area contributed by atoms with E-state index in [1.54, 1.807) is 0 Å². The molecule has 0 aromatic heterocycles. The number of rotatable bonds is 2. The van der Waals surface area contributed by atoms with Gasteiger partial charge in [-0.15, -0.1) is 0 Å². The van der Waals surface area contributed by atoms with Crippen molar-refractivity contribution >= 4 is 0 Å². The highest BCUT2D eigenvalue weighted by Gasteiger charge is 2.10. The van der Waals surface area contributed by atoms with Crippen LogP contribution in [-0.2, 0) is 4.74 Å². The molecule has 0 unspecified atom stereocenters. The molecule has 0 aliphatic carbocycles. The van der Waals surface area contributed by atoms with E-state index >= 15 is 0 Å². The SMILES string of the molecule is C=C(CO)OC(C)(C)C. The normalized spacial score (nSPS) is 11.1. The number of hydrogen-bond acceptors (Lipinski definition) is 2. The minimum atomic E-state index is -0.236. The molecule has 0 radical (unpaired) electrons. The van der Waals surface area contributed by atoms with Crippen molar-refractivity contribution in [3.63, 3.8) is 0 Å². The minimum Gasteiger partial charge on any atom is -0.491 e. The van der Waals surface area contributed by atoms with Crippen molar-refractivity contribution in [1.29, 1.82) is 0 Å². The zero-order valence-electron chi connectivity index (χ0n) is 6.27. The Labute approximate surface area is 56.1 Å². The van der Waals surface area contributed by atoms with Crippen LogP contribution < -0.4 is 0 Å². The van der Waals surface area contributed by atoms with E-state index in [9.17, 15) is 0 Å². The van der Waals surface area contributed by atoms with Crippen molar-refractivity contribution in [3.05, 3.63) is 12.3 Å². The summed E-state index contributed by atoms with van der Waals surface area (Å²) in [5.41, 5.74) is -0.236. The van der Waals surface area contributed by atoms with Crippen molar-refractivity contribution in [2.75, 3.05) is 6.61 Å². The van der Waals surface area contributed by atoms with E-state index < -0.39 is 0 Å². The largest absolute Gasteiger partial charge is 0.491 e. The average molecular weight is 130 g/mol. The maximum absolute atomic E-state index is 8.47. The molecule has 0 fully saturated rings. The van der Waals surface area contributed by atoms with Gasteiger partial charge in [-0.05, 0) is 20.8 Å². The van der Waals surface area contributed by atoms with Gasteiger partial charge >= 0.3 is 0 Å². The highest BCUT2D eigenvalue weighted by Crippen LogP contribution is 2.10. The number of aliphatic hydroxyl groups excluding tert-OH is 1. The van der Waals surface area contributed by atoms with Crippen LogP contribution in [0.1, 0.15) is 20.8 Å². The quantitative estimate of drug-likeness (QED) is 0.571. The maximum Gasteiger partial charge on any atom is 0.115 e. The van der Waals surface area contributed by atoms with Crippen molar-refractivity contribution in [3.8, 4) is 0 Å². The molecule has 0 spiro atoms. The first-order valence-electron chi connectivity index (χ1n) is 2.93. The summed E-state index contributed by atoms with van der Waals surface area (Å²) in [7, 11) is 0. The monoisotopic (exact) mass is 130 g/mol. The fourth-order valence-corrected chi connectivity index (χ4v) is 0.465. The third-order valence-electron chi connectivity index (χ3n) is 0.627. The predicted octanol–water partition coefficient (Wildman–Crippen LogP) is 1.31. The van der Waals surface area contributed by atoms with Crippen molar-refractivity contribution < 1.29 is 9.84 Å².